The van der Waals surface area contributed by atoms with Crippen LogP contribution in [0.15, 0.2) is 24.4 Å². The van der Waals surface area contributed by atoms with Crippen LogP contribution in [0.1, 0.15) is 52.9 Å². The minimum absolute atomic E-state index is 0.0483. The number of nitrogens with one attached hydrogen (secondary N) is 1. The Morgan fingerprint density at radius 1 is 1.21 bits per heavy atom. The number of carbonyl (C=O) groups is 2. The average molecular weight is 472 g/mol. The molecule has 2 aromatic heterocycles. The Labute approximate surface area is 198 Å². The molecule has 0 atom stereocenters. The molecule has 4 rings (SSSR count). The molecular weight excluding hydrogens is 441 g/mol. The van der Waals surface area contributed by atoms with E-state index in [0.29, 0.717) is 49.9 Å². The molecule has 1 saturated heterocycles. The fourth-order valence-electron chi connectivity index (χ4n) is 4.12. The lowest BCUT2D eigenvalue weighted by molar-refractivity contribution is -0.161. The zero-order chi connectivity index (χ0) is 24.3. The number of pyridine rings is 1. The van der Waals surface area contributed by atoms with Crippen molar-refractivity contribution in [2.75, 3.05) is 23.4 Å². The summed E-state index contributed by atoms with van der Waals surface area (Å²) in [7, 11) is 0. The van der Waals surface area contributed by atoms with Gasteiger partial charge in [0, 0.05) is 12.6 Å². The molecule has 0 spiro atoms. The Bertz CT molecular complexity index is 1050. The summed E-state index contributed by atoms with van der Waals surface area (Å²) in [5.74, 6) is -0.202. The third-order valence-corrected chi connectivity index (χ3v) is 5.77. The van der Waals surface area contributed by atoms with Crippen molar-refractivity contribution in [3.8, 4) is 11.4 Å². The lowest BCUT2D eigenvalue weighted by atomic mass is 9.86. The summed E-state index contributed by atoms with van der Waals surface area (Å²) >= 11 is 0. The first-order valence-corrected chi connectivity index (χ1v) is 11.6. The van der Waals surface area contributed by atoms with Gasteiger partial charge in [-0.1, -0.05) is 6.07 Å². The van der Waals surface area contributed by atoms with Gasteiger partial charge in [-0.3, -0.25) is 9.69 Å². The van der Waals surface area contributed by atoms with Crippen molar-refractivity contribution in [2.45, 2.75) is 64.5 Å². The largest absolute Gasteiger partial charge is 0.460 e. The molecule has 1 saturated carbocycles. The van der Waals surface area contributed by atoms with Crippen LogP contribution in [0.4, 0.5) is 21.0 Å². The molecule has 1 amide bonds. The van der Waals surface area contributed by atoms with Gasteiger partial charge in [0.2, 0.25) is 5.95 Å². The molecule has 3 heterocycles. The van der Waals surface area contributed by atoms with E-state index in [1.54, 1.807) is 18.2 Å². The Morgan fingerprint density at radius 2 is 1.97 bits per heavy atom. The van der Waals surface area contributed by atoms with E-state index in [4.69, 9.17) is 9.47 Å². The Kier molecular flexibility index (Phi) is 6.95. The molecule has 2 aromatic rings. The molecule has 1 aliphatic heterocycles. The van der Waals surface area contributed by atoms with E-state index in [0.717, 1.165) is 19.0 Å². The van der Waals surface area contributed by atoms with E-state index in [1.807, 2.05) is 20.8 Å². The summed E-state index contributed by atoms with van der Waals surface area (Å²) in [4.78, 5) is 38.7. The lowest BCUT2D eigenvalue weighted by Crippen LogP contribution is -2.38. The van der Waals surface area contributed by atoms with Crippen LogP contribution in [0.25, 0.3) is 11.4 Å². The van der Waals surface area contributed by atoms with E-state index in [2.05, 4.69) is 20.3 Å². The molecule has 1 N–H and O–H groups in total. The molecule has 182 valence electrons. The molecule has 2 aliphatic rings. The van der Waals surface area contributed by atoms with Crippen molar-refractivity contribution >= 4 is 23.8 Å². The van der Waals surface area contributed by atoms with Gasteiger partial charge >= 0.3 is 12.1 Å². The summed E-state index contributed by atoms with van der Waals surface area (Å²) in [5.41, 5.74) is -0.149. The summed E-state index contributed by atoms with van der Waals surface area (Å²) in [6.07, 6.45) is 4.26. The Balaban J connectivity index is 1.43. The smallest absolute Gasteiger partial charge is 0.415 e. The predicted molar refractivity (Wildman–Crippen MR) is 124 cm³/mol. The molecule has 1 aliphatic carbocycles. The van der Waals surface area contributed by atoms with Gasteiger partial charge in [0.25, 0.3) is 0 Å². The SMILES string of the molecule is CC(C)(C)OC(=O)[C@H]1CC[C@H](Nc2ncc(F)c(-c3cccc(N4CCCOC4=O)n3)n2)CC1. The van der Waals surface area contributed by atoms with Crippen LogP contribution >= 0.6 is 0 Å². The van der Waals surface area contributed by atoms with Gasteiger partial charge < -0.3 is 14.8 Å². The van der Waals surface area contributed by atoms with Gasteiger partial charge in [0.05, 0.1) is 24.4 Å². The van der Waals surface area contributed by atoms with E-state index in [1.165, 1.54) is 4.90 Å². The summed E-state index contributed by atoms with van der Waals surface area (Å²) in [6.45, 7) is 6.46. The van der Waals surface area contributed by atoms with Crippen molar-refractivity contribution < 1.29 is 23.5 Å². The zero-order valence-electron chi connectivity index (χ0n) is 19.7. The van der Waals surface area contributed by atoms with Crippen LogP contribution < -0.4 is 10.2 Å². The first-order valence-electron chi connectivity index (χ1n) is 11.6. The highest BCUT2D eigenvalue weighted by atomic mass is 19.1. The summed E-state index contributed by atoms with van der Waals surface area (Å²) < 4.78 is 25.2. The number of aromatic nitrogens is 3. The molecular formula is C24H30FN5O4. The topological polar surface area (TPSA) is 107 Å². The number of halogens is 1. The van der Waals surface area contributed by atoms with Crippen molar-refractivity contribution in [2.24, 2.45) is 5.92 Å². The first-order chi connectivity index (χ1) is 16.2. The van der Waals surface area contributed by atoms with Crippen LogP contribution in [-0.2, 0) is 14.3 Å². The van der Waals surface area contributed by atoms with Crippen molar-refractivity contribution in [3.63, 3.8) is 0 Å². The third-order valence-electron chi connectivity index (χ3n) is 5.77. The number of ether oxygens (including phenoxy) is 2. The second kappa shape index (κ2) is 9.90. The van der Waals surface area contributed by atoms with Crippen LogP contribution in [0.5, 0.6) is 0 Å². The standard InChI is InChI=1S/C24H30FN5O4/c1-24(2,3)34-21(31)15-8-10-16(11-9-15)27-22-26-14-17(25)20(29-22)18-6-4-7-19(28-18)30-12-5-13-33-23(30)32/h4,6-7,14-16H,5,8-13H2,1-3H3,(H,26,27,29)/t15-,16-. The first kappa shape index (κ1) is 23.8. The van der Waals surface area contributed by atoms with Crippen molar-refractivity contribution in [1.29, 1.82) is 0 Å². The Hall–Kier alpha value is -3.30. The van der Waals surface area contributed by atoms with Gasteiger partial charge in [0.15, 0.2) is 5.82 Å². The van der Waals surface area contributed by atoms with Gasteiger partial charge in [-0.05, 0) is 65.0 Å². The number of anilines is 2. The predicted octanol–water partition coefficient (Wildman–Crippen LogP) is 4.34. The Morgan fingerprint density at radius 3 is 2.68 bits per heavy atom. The maximum Gasteiger partial charge on any atom is 0.415 e. The zero-order valence-corrected chi connectivity index (χ0v) is 19.7. The maximum absolute atomic E-state index is 14.6. The highest BCUT2D eigenvalue weighted by Gasteiger charge is 2.30. The number of hydrogen-bond acceptors (Lipinski definition) is 8. The highest BCUT2D eigenvalue weighted by Crippen LogP contribution is 2.29. The van der Waals surface area contributed by atoms with Crippen molar-refractivity contribution in [1.82, 2.24) is 15.0 Å². The van der Waals surface area contributed by atoms with Crippen LogP contribution in [-0.4, -0.2) is 51.8 Å². The quantitative estimate of drug-likeness (QED) is 0.642. The fourth-order valence-corrected chi connectivity index (χ4v) is 4.12. The molecule has 2 fully saturated rings. The number of esters is 1. The monoisotopic (exact) mass is 471 g/mol. The van der Waals surface area contributed by atoms with Crippen LogP contribution in [0.3, 0.4) is 0 Å². The second-order valence-electron chi connectivity index (χ2n) is 9.62. The third kappa shape index (κ3) is 5.78. The molecule has 0 radical (unpaired) electrons. The van der Waals surface area contributed by atoms with Gasteiger partial charge in [-0.25, -0.2) is 24.1 Å². The van der Waals surface area contributed by atoms with E-state index in [-0.39, 0.29) is 23.6 Å². The highest BCUT2D eigenvalue weighted by molar-refractivity contribution is 5.87. The lowest BCUT2D eigenvalue weighted by Gasteiger charge is -2.30. The molecule has 0 unspecified atom stereocenters. The van der Waals surface area contributed by atoms with Crippen LogP contribution in [0.2, 0.25) is 0 Å². The van der Waals surface area contributed by atoms with E-state index < -0.39 is 17.5 Å². The fraction of sp³-hybridized carbons (Fsp3) is 0.542. The van der Waals surface area contributed by atoms with Crippen LogP contribution in [0, 0.1) is 11.7 Å². The van der Waals surface area contributed by atoms with Gasteiger partial charge in [-0.15, -0.1) is 0 Å². The number of amides is 1. The molecule has 0 bridgehead atoms. The minimum atomic E-state index is -0.606. The average Bonchev–Trinajstić information content (AvgIpc) is 2.80. The number of nitrogens with zero attached hydrogens (tertiary/aromatic N) is 4. The number of hydrogen-bond donors (Lipinski definition) is 1. The second-order valence-corrected chi connectivity index (χ2v) is 9.62. The number of carbonyl (C=O) groups excluding carboxylic acids is 2. The molecule has 9 nitrogen and oxygen atoms in total. The van der Waals surface area contributed by atoms with Gasteiger partial charge in [0.1, 0.15) is 17.1 Å². The van der Waals surface area contributed by atoms with Gasteiger partial charge in [-0.2, -0.15) is 0 Å². The maximum atomic E-state index is 14.6. The number of rotatable bonds is 5. The van der Waals surface area contributed by atoms with E-state index >= 15 is 0 Å². The minimum Gasteiger partial charge on any atom is -0.460 e. The molecule has 34 heavy (non-hydrogen) atoms. The molecule has 0 aromatic carbocycles. The number of cyclic esters (lactones) is 1. The van der Waals surface area contributed by atoms with Crippen molar-refractivity contribution in [3.05, 3.63) is 30.2 Å². The normalized spacial score (nSPS) is 21.1. The van der Waals surface area contributed by atoms with E-state index in [9.17, 15) is 14.0 Å². The summed E-state index contributed by atoms with van der Waals surface area (Å²) in [5, 5.41) is 3.26. The summed E-state index contributed by atoms with van der Waals surface area (Å²) in [6, 6.07) is 5.09. The molecule has 10 heteroatoms.